The fourth-order valence-electron chi connectivity index (χ4n) is 4.50. The van der Waals surface area contributed by atoms with Crippen molar-refractivity contribution in [2.45, 2.75) is 17.7 Å². The molecular formula is C26H20FN5O5S. The minimum Gasteiger partial charge on any atom is -0.364 e. The fourth-order valence-corrected chi connectivity index (χ4v) is 5.13. The number of hydrogen-bond acceptors (Lipinski definition) is 7. The number of primary amides is 1. The lowest BCUT2D eigenvalue weighted by Gasteiger charge is -2.20. The molecule has 12 heteroatoms. The average Bonchev–Trinajstić information content (AvgIpc) is 3.29. The SMILES string of the molecule is CS(=O)(=O)c1ccc(-n2nc(C(N)=O)c3c2-c2cc(NC(=O)c4cc(F)ccc4N=O)ccc2CC3)cc1. The topological polar surface area (TPSA) is 154 Å². The minimum atomic E-state index is -3.42. The Kier molecular flexibility index (Phi) is 6.11. The number of anilines is 1. The highest BCUT2D eigenvalue weighted by molar-refractivity contribution is 7.90. The summed E-state index contributed by atoms with van der Waals surface area (Å²) in [5, 5.41) is 9.89. The zero-order chi connectivity index (χ0) is 27.2. The van der Waals surface area contributed by atoms with Crippen molar-refractivity contribution in [1.82, 2.24) is 9.78 Å². The summed E-state index contributed by atoms with van der Waals surface area (Å²) in [5.74, 6) is -2.12. The number of aromatic nitrogens is 2. The van der Waals surface area contributed by atoms with Crippen molar-refractivity contribution in [2.24, 2.45) is 10.9 Å². The second-order valence-corrected chi connectivity index (χ2v) is 10.8. The second kappa shape index (κ2) is 9.30. The zero-order valence-corrected chi connectivity index (χ0v) is 20.8. The molecule has 5 rings (SSSR count). The second-order valence-electron chi connectivity index (χ2n) is 8.80. The van der Waals surface area contributed by atoms with E-state index in [2.05, 4.69) is 15.6 Å². The first-order valence-corrected chi connectivity index (χ1v) is 13.3. The highest BCUT2D eigenvalue weighted by atomic mass is 32.2. The van der Waals surface area contributed by atoms with Gasteiger partial charge in [0.15, 0.2) is 15.5 Å². The van der Waals surface area contributed by atoms with Crippen LogP contribution in [-0.2, 0) is 22.7 Å². The number of fused-ring (bicyclic) bond motifs is 3. The molecule has 1 heterocycles. The summed E-state index contributed by atoms with van der Waals surface area (Å²) in [5.41, 5.74) is 8.93. The van der Waals surface area contributed by atoms with E-state index in [1.54, 1.807) is 24.3 Å². The highest BCUT2D eigenvalue weighted by Crippen LogP contribution is 2.38. The zero-order valence-electron chi connectivity index (χ0n) is 19.9. The van der Waals surface area contributed by atoms with Crippen LogP contribution in [0.25, 0.3) is 16.9 Å². The Bertz CT molecular complexity index is 1750. The third-order valence-corrected chi connectivity index (χ3v) is 7.42. The maximum atomic E-state index is 13.7. The van der Waals surface area contributed by atoms with Gasteiger partial charge >= 0.3 is 0 Å². The van der Waals surface area contributed by atoms with Crippen LogP contribution in [0.5, 0.6) is 0 Å². The van der Waals surface area contributed by atoms with Crippen LogP contribution in [-0.4, -0.2) is 36.3 Å². The first-order valence-electron chi connectivity index (χ1n) is 11.4. The Morgan fingerprint density at radius 3 is 2.45 bits per heavy atom. The molecular weight excluding hydrogens is 513 g/mol. The number of rotatable bonds is 6. The number of hydrogen-bond donors (Lipinski definition) is 2. The molecule has 0 saturated carbocycles. The number of benzene rings is 3. The van der Waals surface area contributed by atoms with Crippen molar-refractivity contribution in [1.29, 1.82) is 0 Å². The van der Waals surface area contributed by atoms with Crippen LogP contribution in [0.2, 0.25) is 0 Å². The minimum absolute atomic E-state index is 0.0914. The molecule has 0 radical (unpaired) electrons. The van der Waals surface area contributed by atoms with Crippen LogP contribution in [0.1, 0.15) is 32.0 Å². The third kappa shape index (κ3) is 4.45. The normalized spacial score (nSPS) is 12.4. The lowest BCUT2D eigenvalue weighted by Crippen LogP contribution is -2.15. The van der Waals surface area contributed by atoms with E-state index >= 15 is 0 Å². The number of carbonyl (C=O) groups excluding carboxylic acids is 2. The Balaban J connectivity index is 1.60. The number of halogens is 1. The number of nitrogens with one attached hydrogen (secondary N) is 1. The van der Waals surface area contributed by atoms with Crippen molar-refractivity contribution >= 4 is 33.0 Å². The maximum Gasteiger partial charge on any atom is 0.269 e. The number of carbonyl (C=O) groups is 2. The summed E-state index contributed by atoms with van der Waals surface area (Å²) in [6, 6.07) is 14.3. The molecule has 0 unspecified atom stereocenters. The van der Waals surface area contributed by atoms with Gasteiger partial charge in [0.25, 0.3) is 11.8 Å². The van der Waals surface area contributed by atoms with Crippen molar-refractivity contribution < 1.29 is 22.4 Å². The van der Waals surface area contributed by atoms with Crippen molar-refractivity contribution in [3.8, 4) is 16.9 Å². The molecule has 0 saturated heterocycles. The summed E-state index contributed by atoms with van der Waals surface area (Å²) in [4.78, 5) is 36.3. The summed E-state index contributed by atoms with van der Waals surface area (Å²) in [7, 11) is -3.42. The van der Waals surface area contributed by atoms with Gasteiger partial charge in [-0.2, -0.15) is 5.10 Å². The van der Waals surface area contributed by atoms with E-state index in [0.29, 0.717) is 41.0 Å². The van der Waals surface area contributed by atoms with E-state index in [1.165, 1.54) is 16.8 Å². The molecule has 1 aromatic heterocycles. The average molecular weight is 534 g/mol. The monoisotopic (exact) mass is 533 g/mol. The van der Waals surface area contributed by atoms with Gasteiger partial charge in [0.2, 0.25) is 0 Å². The maximum absolute atomic E-state index is 13.7. The van der Waals surface area contributed by atoms with Crippen LogP contribution in [0.4, 0.5) is 15.8 Å². The van der Waals surface area contributed by atoms with Gasteiger partial charge in [-0.15, -0.1) is 4.91 Å². The van der Waals surface area contributed by atoms with Gasteiger partial charge in [-0.1, -0.05) is 6.07 Å². The van der Waals surface area contributed by atoms with Gasteiger partial charge in [0.05, 0.1) is 21.8 Å². The van der Waals surface area contributed by atoms with Gasteiger partial charge in [-0.3, -0.25) is 9.59 Å². The van der Waals surface area contributed by atoms with Crippen LogP contribution < -0.4 is 11.1 Å². The molecule has 0 aliphatic heterocycles. The molecule has 1 aliphatic rings. The molecule has 38 heavy (non-hydrogen) atoms. The number of amides is 2. The number of nitrogens with zero attached hydrogens (tertiary/aromatic N) is 3. The Labute approximate surface area is 216 Å². The van der Waals surface area contributed by atoms with Gasteiger partial charge in [0, 0.05) is 23.1 Å². The predicted molar refractivity (Wildman–Crippen MR) is 138 cm³/mol. The molecule has 0 atom stereocenters. The van der Waals surface area contributed by atoms with Gasteiger partial charge in [-0.05, 0) is 78.2 Å². The molecule has 192 valence electrons. The third-order valence-electron chi connectivity index (χ3n) is 6.30. The molecule has 2 amide bonds. The highest BCUT2D eigenvalue weighted by Gasteiger charge is 2.28. The van der Waals surface area contributed by atoms with Crippen LogP contribution >= 0.6 is 0 Å². The number of nitrogens with two attached hydrogens (primary N) is 1. The predicted octanol–water partition coefficient (Wildman–Crippen LogP) is 3.93. The first kappa shape index (κ1) is 25.0. The summed E-state index contributed by atoms with van der Waals surface area (Å²) >= 11 is 0. The number of aryl methyl sites for hydroxylation is 1. The van der Waals surface area contributed by atoms with E-state index in [-0.39, 0.29) is 21.8 Å². The van der Waals surface area contributed by atoms with E-state index in [1.807, 2.05) is 6.07 Å². The Hall–Kier alpha value is -4.71. The molecule has 0 bridgehead atoms. The molecule has 3 N–H and O–H groups in total. The van der Waals surface area contributed by atoms with E-state index < -0.39 is 27.5 Å². The number of nitroso groups, excluding NO2 is 1. The molecule has 0 fully saturated rings. The molecule has 0 spiro atoms. The summed E-state index contributed by atoms with van der Waals surface area (Å²) in [6.45, 7) is 0. The van der Waals surface area contributed by atoms with Crippen LogP contribution in [0, 0.1) is 10.7 Å². The van der Waals surface area contributed by atoms with Crippen molar-refractivity contribution in [3.63, 3.8) is 0 Å². The lowest BCUT2D eigenvalue weighted by molar-refractivity contribution is 0.0992. The smallest absolute Gasteiger partial charge is 0.269 e. The van der Waals surface area contributed by atoms with Crippen molar-refractivity contribution in [3.05, 3.63) is 93.8 Å². The fraction of sp³-hybridized carbons (Fsp3) is 0.115. The van der Waals surface area contributed by atoms with E-state index in [0.717, 1.165) is 30.0 Å². The molecule has 1 aliphatic carbocycles. The molecule has 3 aromatic carbocycles. The standard InChI is InChI=1S/C26H20FN5O5S/c1-38(36,37)18-8-6-17(7-9-18)32-24-19(23(30-32)25(28)33)10-3-14-2-5-16(13-20(14)24)29-26(34)21-12-15(27)4-11-22(21)31-35/h2,4-9,11-13H,3,10H2,1H3,(H2,28,33)(H,29,34). The largest absolute Gasteiger partial charge is 0.364 e. The van der Waals surface area contributed by atoms with Crippen molar-refractivity contribution in [2.75, 3.05) is 11.6 Å². The van der Waals surface area contributed by atoms with Gasteiger partial charge < -0.3 is 11.1 Å². The van der Waals surface area contributed by atoms with Crippen LogP contribution in [0.15, 0.2) is 70.7 Å². The van der Waals surface area contributed by atoms with E-state index in [4.69, 9.17) is 5.73 Å². The summed E-state index contributed by atoms with van der Waals surface area (Å²) in [6.07, 6.45) is 2.18. The quantitative estimate of drug-likeness (QED) is 0.358. The molecule has 10 nitrogen and oxygen atoms in total. The first-order chi connectivity index (χ1) is 18.1. The van der Waals surface area contributed by atoms with Crippen LogP contribution in [0.3, 0.4) is 0 Å². The van der Waals surface area contributed by atoms with Gasteiger partial charge in [-0.25, -0.2) is 17.5 Å². The number of sulfone groups is 1. The van der Waals surface area contributed by atoms with E-state index in [9.17, 15) is 27.3 Å². The van der Waals surface area contributed by atoms with Gasteiger partial charge in [0.1, 0.15) is 11.5 Å². The summed E-state index contributed by atoms with van der Waals surface area (Å²) < 4.78 is 39.0. The Morgan fingerprint density at radius 2 is 1.79 bits per heavy atom. The molecule has 4 aromatic rings. The Morgan fingerprint density at radius 1 is 1.05 bits per heavy atom. The lowest BCUT2D eigenvalue weighted by atomic mass is 9.88.